The van der Waals surface area contributed by atoms with Crippen molar-refractivity contribution in [3.8, 4) is 17.2 Å². The van der Waals surface area contributed by atoms with Gasteiger partial charge in [0.1, 0.15) is 10.7 Å². The number of hydrogen-bond acceptors (Lipinski definition) is 5. The molecule has 0 saturated carbocycles. The summed E-state index contributed by atoms with van der Waals surface area (Å²) in [6.07, 6.45) is -0.684. The smallest absolute Gasteiger partial charge is 0.268 e. The standard InChI is InChI=1S/C10H5Cl3F3NO5/c11-2-3(18)1-4(19)17-7-5(12)6(13)8(20-14)10(22-16)9(7)21-15/h1-2H2,(H,17,19). The number of amides is 1. The Hall–Kier alpha value is -1.58. The van der Waals surface area contributed by atoms with E-state index in [0.717, 1.165) is 0 Å². The number of hydrogen-bond donors (Lipinski definition) is 1. The highest BCUT2D eigenvalue weighted by molar-refractivity contribution is 6.45. The Morgan fingerprint density at radius 1 is 0.955 bits per heavy atom. The Bertz CT molecular complexity index is 602. The summed E-state index contributed by atoms with van der Waals surface area (Å²) in [5.74, 6) is -5.61. The summed E-state index contributed by atoms with van der Waals surface area (Å²) in [5.41, 5.74) is -0.699. The number of halogens is 6. The molecule has 0 aliphatic rings. The van der Waals surface area contributed by atoms with Crippen LogP contribution < -0.4 is 20.1 Å². The zero-order valence-corrected chi connectivity index (χ0v) is 12.5. The fourth-order valence-corrected chi connectivity index (χ4v) is 1.88. The zero-order chi connectivity index (χ0) is 16.9. The van der Waals surface area contributed by atoms with Crippen molar-refractivity contribution >= 4 is 52.2 Å². The molecule has 1 amide bonds. The van der Waals surface area contributed by atoms with E-state index in [4.69, 9.17) is 34.8 Å². The quantitative estimate of drug-likeness (QED) is 0.571. The number of carbonyl (C=O) groups is 2. The van der Waals surface area contributed by atoms with E-state index >= 15 is 0 Å². The van der Waals surface area contributed by atoms with Gasteiger partial charge in [0.05, 0.1) is 17.3 Å². The fourth-order valence-electron chi connectivity index (χ4n) is 1.36. The third-order valence-corrected chi connectivity index (χ3v) is 3.39. The molecule has 0 aliphatic carbocycles. The molecule has 0 bridgehead atoms. The van der Waals surface area contributed by atoms with Gasteiger partial charge in [0.2, 0.25) is 17.4 Å². The predicted molar refractivity (Wildman–Crippen MR) is 70.6 cm³/mol. The molecule has 1 N–H and O–H groups in total. The molecule has 12 heteroatoms. The molecule has 0 aliphatic heterocycles. The van der Waals surface area contributed by atoms with Gasteiger partial charge >= 0.3 is 0 Å². The molecule has 0 radical (unpaired) electrons. The van der Waals surface area contributed by atoms with E-state index in [2.05, 4.69) is 14.8 Å². The van der Waals surface area contributed by atoms with E-state index in [1.807, 2.05) is 5.32 Å². The maximum absolute atomic E-state index is 12.6. The van der Waals surface area contributed by atoms with Crippen LogP contribution in [0, 0.1) is 0 Å². The Kier molecular flexibility index (Phi) is 6.85. The second-order valence-electron chi connectivity index (χ2n) is 3.62. The van der Waals surface area contributed by atoms with E-state index in [1.165, 1.54) is 0 Å². The summed E-state index contributed by atoms with van der Waals surface area (Å²) < 4.78 is 37.3. The summed E-state index contributed by atoms with van der Waals surface area (Å²) in [6.45, 7) is 0. The Morgan fingerprint density at radius 2 is 1.50 bits per heavy atom. The van der Waals surface area contributed by atoms with Crippen LogP contribution in [0.3, 0.4) is 0 Å². The first-order valence-corrected chi connectivity index (χ1v) is 6.48. The molecule has 1 aromatic rings. The van der Waals surface area contributed by atoms with Crippen molar-refractivity contribution < 1.29 is 38.0 Å². The predicted octanol–water partition coefficient (Wildman–Crippen LogP) is 3.92. The van der Waals surface area contributed by atoms with Gasteiger partial charge in [0.25, 0.3) is 5.75 Å². The number of benzene rings is 1. The molecule has 0 atom stereocenters. The summed E-state index contributed by atoms with van der Waals surface area (Å²) in [4.78, 5) is 32.3. The first-order chi connectivity index (χ1) is 10.4. The topological polar surface area (TPSA) is 73.9 Å². The van der Waals surface area contributed by atoms with Crippen molar-refractivity contribution in [3.63, 3.8) is 0 Å². The lowest BCUT2D eigenvalue weighted by atomic mass is 10.2. The summed E-state index contributed by atoms with van der Waals surface area (Å²) in [5, 5.41) is 0.554. The molecule has 122 valence electrons. The van der Waals surface area contributed by atoms with Crippen molar-refractivity contribution in [2.75, 3.05) is 11.2 Å². The third kappa shape index (κ3) is 3.79. The maximum Gasteiger partial charge on any atom is 0.268 e. The molecule has 1 aromatic carbocycles. The highest BCUT2D eigenvalue weighted by Crippen LogP contribution is 2.53. The molecule has 0 saturated heterocycles. The van der Waals surface area contributed by atoms with Gasteiger partial charge in [-0.1, -0.05) is 23.2 Å². The monoisotopic (exact) mass is 381 g/mol. The Labute approximate surface area is 135 Å². The lowest BCUT2D eigenvalue weighted by molar-refractivity contribution is -0.124. The maximum atomic E-state index is 12.6. The largest absolute Gasteiger partial charge is 0.321 e. The van der Waals surface area contributed by atoms with Crippen LogP contribution in [0.2, 0.25) is 10.0 Å². The molecule has 22 heavy (non-hydrogen) atoms. The summed E-state index contributed by atoms with van der Waals surface area (Å²) in [6, 6.07) is 0. The van der Waals surface area contributed by atoms with Gasteiger partial charge in [-0.25, -0.2) is 0 Å². The summed E-state index contributed by atoms with van der Waals surface area (Å²) in [7, 11) is 0. The first kappa shape index (κ1) is 18.5. The molecule has 0 unspecified atom stereocenters. The molecule has 0 spiro atoms. The molecule has 0 aromatic heterocycles. The average Bonchev–Trinajstić information content (AvgIpc) is 2.51. The number of ketones is 1. The average molecular weight is 383 g/mol. The SMILES string of the molecule is O=C(CCl)CC(=O)Nc1c(Cl)c(Cl)c(OF)c(OF)c1OF. The van der Waals surface area contributed by atoms with Crippen molar-refractivity contribution in [3.05, 3.63) is 10.0 Å². The minimum atomic E-state index is -1.25. The lowest BCUT2D eigenvalue weighted by Gasteiger charge is -2.14. The Morgan fingerprint density at radius 3 is 1.95 bits per heavy atom. The fraction of sp³-hybridized carbons (Fsp3) is 0.200. The van der Waals surface area contributed by atoms with Crippen LogP contribution in [-0.4, -0.2) is 17.6 Å². The van der Waals surface area contributed by atoms with Gasteiger partial charge in [-0.15, -0.1) is 11.6 Å². The molecule has 0 heterocycles. The number of nitrogens with one attached hydrogen (secondary N) is 1. The van der Waals surface area contributed by atoms with Crippen LogP contribution in [-0.2, 0) is 9.59 Å². The molecule has 0 fully saturated rings. The minimum Gasteiger partial charge on any atom is -0.321 e. The van der Waals surface area contributed by atoms with E-state index < -0.39 is 57.0 Å². The van der Waals surface area contributed by atoms with Gasteiger partial charge in [0.15, 0.2) is 5.78 Å². The van der Waals surface area contributed by atoms with E-state index in [1.54, 1.807) is 0 Å². The lowest BCUT2D eigenvalue weighted by Crippen LogP contribution is -2.18. The van der Waals surface area contributed by atoms with Gasteiger partial charge in [-0.3, -0.25) is 24.4 Å². The Balaban J connectivity index is 3.32. The van der Waals surface area contributed by atoms with Gasteiger partial charge in [0, 0.05) is 13.6 Å². The first-order valence-electron chi connectivity index (χ1n) is 5.19. The third-order valence-electron chi connectivity index (χ3n) is 2.25. The molecular formula is C10H5Cl3F3NO5. The number of alkyl halides is 1. The van der Waals surface area contributed by atoms with Gasteiger partial charge in [-0.2, -0.15) is 0 Å². The van der Waals surface area contributed by atoms with Crippen molar-refractivity contribution in [2.45, 2.75) is 6.42 Å². The van der Waals surface area contributed by atoms with Gasteiger partial charge in [-0.05, 0) is 0 Å². The normalized spacial score (nSPS) is 10.1. The highest BCUT2D eigenvalue weighted by Gasteiger charge is 2.30. The van der Waals surface area contributed by atoms with Crippen LogP contribution in [0.5, 0.6) is 17.2 Å². The van der Waals surface area contributed by atoms with Crippen molar-refractivity contribution in [1.82, 2.24) is 0 Å². The van der Waals surface area contributed by atoms with Crippen LogP contribution in [0.15, 0.2) is 0 Å². The molecule has 1 rings (SSSR count). The minimum absolute atomic E-state index is 0.443. The van der Waals surface area contributed by atoms with Crippen LogP contribution in [0.4, 0.5) is 19.3 Å². The van der Waals surface area contributed by atoms with Crippen LogP contribution in [0.25, 0.3) is 0 Å². The number of rotatable bonds is 7. The molecule has 6 nitrogen and oxygen atoms in total. The number of Topliss-reactive ketones (excluding diaryl/α,β-unsaturated/α-hetero) is 1. The van der Waals surface area contributed by atoms with Gasteiger partial charge < -0.3 is 5.32 Å². The van der Waals surface area contributed by atoms with Crippen LogP contribution >= 0.6 is 34.8 Å². The second kappa shape index (κ2) is 8.16. The van der Waals surface area contributed by atoms with E-state index in [0.29, 0.717) is 0 Å². The van der Waals surface area contributed by atoms with Crippen molar-refractivity contribution in [1.29, 1.82) is 0 Å². The number of carbonyl (C=O) groups excluding carboxylic acids is 2. The summed E-state index contributed by atoms with van der Waals surface area (Å²) >= 11 is 16.5. The van der Waals surface area contributed by atoms with E-state index in [-0.39, 0.29) is 0 Å². The van der Waals surface area contributed by atoms with E-state index in [9.17, 15) is 23.2 Å². The zero-order valence-electron chi connectivity index (χ0n) is 10.2. The molecular weight excluding hydrogens is 377 g/mol. The van der Waals surface area contributed by atoms with Crippen LogP contribution in [0.1, 0.15) is 6.42 Å². The van der Waals surface area contributed by atoms with Crippen molar-refractivity contribution in [2.24, 2.45) is 0 Å². The highest BCUT2D eigenvalue weighted by atomic mass is 35.5. The number of anilines is 1. The second-order valence-corrected chi connectivity index (χ2v) is 4.64.